The van der Waals surface area contributed by atoms with E-state index >= 15 is 0 Å². The molecule has 1 heterocycles. The van der Waals surface area contributed by atoms with Crippen molar-refractivity contribution in [1.82, 2.24) is 14.8 Å². The van der Waals surface area contributed by atoms with E-state index in [2.05, 4.69) is 11.1 Å². The topological polar surface area (TPSA) is 173 Å². The van der Waals surface area contributed by atoms with Crippen molar-refractivity contribution in [3.05, 3.63) is 81.6 Å². The standard InChI is InChI=1S/C40H51Cl2N3O9/c1-44(2)36(49)14-18-45(22-33(47)38(51)39(52)34(48)23-46)37(50)10-6-3-7-25-19-32(42)26(20-31(25)41)24-53-40(15-16-40)30-21-43-17-13-28(30)29-8-4-5-9-35(29)54-27-11-12-27/h4-5,8-9,13,17,19-21,27,33-34,38-39,46-48,51-52H,3,6-7,10-12,14-16,18,22-24H2,1-2H3/t33-,34+,38+,39+/m0/s1. The van der Waals surface area contributed by atoms with Gasteiger partial charge in [0, 0.05) is 73.6 Å². The number of aliphatic hydroxyl groups excluding tert-OH is 5. The minimum Gasteiger partial charge on any atom is -0.490 e. The zero-order valence-electron chi connectivity index (χ0n) is 30.7. The monoisotopic (exact) mass is 787 g/mol. The number of rotatable bonds is 21. The molecule has 0 aliphatic heterocycles. The first kappa shape index (κ1) is 41.8. The number of nitrogens with zero attached hydrogens (tertiary/aromatic N) is 3. The molecule has 54 heavy (non-hydrogen) atoms. The molecular weight excluding hydrogens is 737 g/mol. The molecule has 2 aliphatic rings. The number of halogens is 2. The van der Waals surface area contributed by atoms with Gasteiger partial charge in [0.25, 0.3) is 0 Å². The van der Waals surface area contributed by atoms with Crippen LogP contribution in [0.5, 0.6) is 5.75 Å². The first-order valence-corrected chi connectivity index (χ1v) is 19.2. The molecule has 0 spiro atoms. The van der Waals surface area contributed by atoms with E-state index in [4.69, 9.17) is 37.8 Å². The van der Waals surface area contributed by atoms with Gasteiger partial charge in [-0.15, -0.1) is 0 Å². The Bertz CT molecular complexity index is 1740. The number of aryl methyl sites for hydroxylation is 1. The van der Waals surface area contributed by atoms with E-state index in [-0.39, 0.29) is 50.5 Å². The van der Waals surface area contributed by atoms with Crippen molar-refractivity contribution in [2.75, 3.05) is 33.8 Å². The molecule has 0 saturated heterocycles. The average molecular weight is 789 g/mol. The molecule has 2 aromatic carbocycles. The van der Waals surface area contributed by atoms with E-state index in [9.17, 15) is 30.0 Å². The zero-order chi connectivity index (χ0) is 39.0. The van der Waals surface area contributed by atoms with Crippen LogP contribution < -0.4 is 4.74 Å². The van der Waals surface area contributed by atoms with Gasteiger partial charge < -0.3 is 44.8 Å². The van der Waals surface area contributed by atoms with Gasteiger partial charge in [0.15, 0.2) is 0 Å². The quantitative estimate of drug-likeness (QED) is 0.0983. The highest BCUT2D eigenvalue weighted by atomic mass is 35.5. The van der Waals surface area contributed by atoms with Crippen LogP contribution in [0.15, 0.2) is 54.9 Å². The number of amides is 2. The largest absolute Gasteiger partial charge is 0.490 e. The summed E-state index contributed by atoms with van der Waals surface area (Å²) >= 11 is 13.5. The van der Waals surface area contributed by atoms with Crippen LogP contribution in [-0.4, -0.2) is 116 Å². The van der Waals surface area contributed by atoms with Gasteiger partial charge in [-0.05, 0) is 85.9 Å². The Balaban J connectivity index is 1.17. The summed E-state index contributed by atoms with van der Waals surface area (Å²) in [6.07, 6.45) is 2.47. The number of ether oxygens (including phenoxy) is 2. The molecule has 0 radical (unpaired) electrons. The number of pyridine rings is 1. The van der Waals surface area contributed by atoms with Gasteiger partial charge in [-0.2, -0.15) is 0 Å². The van der Waals surface area contributed by atoms with Crippen molar-refractivity contribution in [1.29, 1.82) is 0 Å². The van der Waals surface area contributed by atoms with Gasteiger partial charge in [0.2, 0.25) is 11.8 Å². The Labute approximate surface area is 326 Å². The first-order valence-electron chi connectivity index (χ1n) is 18.5. The second-order valence-corrected chi connectivity index (χ2v) is 15.3. The fraction of sp³-hybridized carbons (Fsp3) is 0.525. The zero-order valence-corrected chi connectivity index (χ0v) is 32.3. The maximum absolute atomic E-state index is 13.2. The average Bonchev–Trinajstić information content (AvgIpc) is 4.12. The van der Waals surface area contributed by atoms with E-state index < -0.39 is 36.6 Å². The summed E-state index contributed by atoms with van der Waals surface area (Å²) in [6, 6.07) is 13.7. The molecule has 5 N–H and O–H groups in total. The van der Waals surface area contributed by atoms with E-state index in [1.807, 2.05) is 42.6 Å². The van der Waals surface area contributed by atoms with Crippen LogP contribution >= 0.6 is 23.2 Å². The first-order chi connectivity index (χ1) is 25.8. The molecule has 0 bridgehead atoms. The van der Waals surface area contributed by atoms with Gasteiger partial charge >= 0.3 is 0 Å². The van der Waals surface area contributed by atoms with Gasteiger partial charge in [-0.25, -0.2) is 0 Å². The SMILES string of the molecule is CN(C)C(=O)CCN(C[C@H](O)[C@@H](O)[C@H](O)[C@H](O)CO)C(=O)CCCCc1cc(Cl)c(COC2(c3cnccc3-c3ccccc3OC3CC3)CC2)cc1Cl. The molecule has 2 amide bonds. The number of carbonyl (C=O) groups excluding carboxylic acids is 2. The van der Waals surface area contributed by atoms with E-state index in [0.717, 1.165) is 59.3 Å². The molecule has 3 aromatic rings. The Morgan fingerprint density at radius 3 is 2.28 bits per heavy atom. The van der Waals surface area contributed by atoms with Crippen LogP contribution in [0.2, 0.25) is 10.0 Å². The summed E-state index contributed by atoms with van der Waals surface area (Å²) in [7, 11) is 3.18. The Morgan fingerprint density at radius 2 is 1.59 bits per heavy atom. The molecule has 12 nitrogen and oxygen atoms in total. The molecule has 1 aromatic heterocycles. The van der Waals surface area contributed by atoms with Gasteiger partial charge in [-0.3, -0.25) is 14.6 Å². The van der Waals surface area contributed by atoms with Gasteiger partial charge in [0.05, 0.1) is 24.9 Å². The Hall–Kier alpha value is -3.33. The molecule has 2 aliphatic carbocycles. The molecule has 4 atom stereocenters. The van der Waals surface area contributed by atoms with Crippen molar-refractivity contribution in [2.24, 2.45) is 0 Å². The molecule has 2 fully saturated rings. The molecule has 0 unspecified atom stereocenters. The molecule has 294 valence electrons. The van der Waals surface area contributed by atoms with E-state index in [1.165, 1.54) is 9.80 Å². The normalized spacial score (nSPS) is 17.0. The lowest BCUT2D eigenvalue weighted by atomic mass is 9.96. The summed E-state index contributed by atoms with van der Waals surface area (Å²) in [4.78, 5) is 32.5. The predicted octanol–water partition coefficient (Wildman–Crippen LogP) is 4.26. The predicted molar refractivity (Wildman–Crippen MR) is 204 cm³/mol. The van der Waals surface area contributed by atoms with Crippen molar-refractivity contribution < 1.29 is 44.6 Å². The summed E-state index contributed by atoms with van der Waals surface area (Å²) < 4.78 is 12.8. The minimum atomic E-state index is -1.83. The Morgan fingerprint density at radius 1 is 0.907 bits per heavy atom. The highest BCUT2D eigenvalue weighted by molar-refractivity contribution is 6.34. The fourth-order valence-electron chi connectivity index (χ4n) is 6.32. The van der Waals surface area contributed by atoms with Crippen LogP contribution in [0.25, 0.3) is 11.1 Å². The highest BCUT2D eigenvalue weighted by Gasteiger charge is 2.48. The Kier molecular flexibility index (Phi) is 14.7. The summed E-state index contributed by atoms with van der Waals surface area (Å²) in [5.41, 5.74) is 4.14. The van der Waals surface area contributed by atoms with Gasteiger partial charge in [-0.1, -0.05) is 41.4 Å². The smallest absolute Gasteiger partial charge is 0.223 e. The van der Waals surface area contributed by atoms with E-state index in [1.54, 1.807) is 20.3 Å². The molecule has 2 saturated carbocycles. The highest BCUT2D eigenvalue weighted by Crippen LogP contribution is 2.53. The van der Waals surface area contributed by atoms with E-state index in [0.29, 0.717) is 29.3 Å². The number of para-hydroxylation sites is 1. The lowest BCUT2D eigenvalue weighted by molar-refractivity contribution is -0.141. The number of hydrogen-bond donors (Lipinski definition) is 5. The van der Waals surface area contributed by atoms with Crippen molar-refractivity contribution in [3.8, 4) is 16.9 Å². The summed E-state index contributed by atoms with van der Waals surface area (Å²) in [5.74, 6) is 0.275. The third kappa shape index (κ3) is 10.9. The summed E-state index contributed by atoms with van der Waals surface area (Å²) in [5, 5.41) is 50.6. The fourth-order valence-corrected chi connectivity index (χ4v) is 6.84. The van der Waals surface area contributed by atoms with Crippen LogP contribution in [0, 0.1) is 0 Å². The number of aliphatic hydroxyl groups is 5. The summed E-state index contributed by atoms with van der Waals surface area (Å²) in [6.45, 7) is -0.970. The maximum atomic E-state index is 13.2. The lowest BCUT2D eigenvalue weighted by Crippen LogP contribution is -2.51. The molecular formula is C40H51Cl2N3O9. The van der Waals surface area contributed by atoms with Crippen molar-refractivity contribution in [3.63, 3.8) is 0 Å². The maximum Gasteiger partial charge on any atom is 0.223 e. The second-order valence-electron chi connectivity index (χ2n) is 14.4. The number of carbonyl (C=O) groups is 2. The van der Waals surface area contributed by atoms with Gasteiger partial charge in [0.1, 0.15) is 30.2 Å². The third-order valence-electron chi connectivity index (χ3n) is 10.00. The minimum absolute atomic E-state index is 0.0125. The van der Waals surface area contributed by atoms with Crippen LogP contribution in [-0.2, 0) is 33.0 Å². The van der Waals surface area contributed by atoms with Crippen molar-refractivity contribution in [2.45, 2.75) is 101 Å². The van der Waals surface area contributed by atoms with Crippen LogP contribution in [0.4, 0.5) is 0 Å². The van der Waals surface area contributed by atoms with Crippen molar-refractivity contribution >= 4 is 35.0 Å². The molecule has 5 rings (SSSR count). The third-order valence-corrected chi connectivity index (χ3v) is 10.7. The van der Waals surface area contributed by atoms with Crippen LogP contribution in [0.1, 0.15) is 68.1 Å². The number of aromatic nitrogens is 1. The van der Waals surface area contributed by atoms with Crippen LogP contribution in [0.3, 0.4) is 0 Å². The molecule has 14 heteroatoms. The lowest BCUT2D eigenvalue weighted by Gasteiger charge is -2.30. The second kappa shape index (κ2) is 19.0. The number of hydrogen-bond acceptors (Lipinski definition) is 10. The number of unbranched alkanes of at least 4 members (excludes halogenated alkanes) is 1. The number of benzene rings is 2.